The van der Waals surface area contributed by atoms with Crippen molar-refractivity contribution in [2.24, 2.45) is 0 Å². The van der Waals surface area contributed by atoms with Crippen molar-refractivity contribution < 1.29 is 19.1 Å². The minimum atomic E-state index is -0.717. The van der Waals surface area contributed by atoms with Crippen LogP contribution in [0.2, 0.25) is 5.02 Å². The highest BCUT2D eigenvalue weighted by molar-refractivity contribution is 6.32. The maximum absolute atomic E-state index is 13.0. The number of amides is 3. The number of nitrogens with one attached hydrogen (secondary N) is 1. The summed E-state index contributed by atoms with van der Waals surface area (Å²) in [6.45, 7) is 1.10. The quantitative estimate of drug-likeness (QED) is 0.818. The van der Waals surface area contributed by atoms with Gasteiger partial charge in [-0.25, -0.2) is 4.79 Å². The second-order valence-electron chi connectivity index (χ2n) is 6.92. The predicted octanol–water partition coefficient (Wildman–Crippen LogP) is 3.26. The van der Waals surface area contributed by atoms with E-state index in [2.05, 4.69) is 5.32 Å². The Hall–Kier alpha value is -1.95. The summed E-state index contributed by atoms with van der Waals surface area (Å²) in [5.41, 5.74) is 0.0361. The summed E-state index contributed by atoms with van der Waals surface area (Å²) in [6, 6.07) is 3.20. The average molecular weight is 365 g/mol. The van der Waals surface area contributed by atoms with Crippen LogP contribution in [0.1, 0.15) is 44.1 Å². The molecule has 0 radical (unpaired) electrons. The Morgan fingerprint density at radius 2 is 1.80 bits per heavy atom. The van der Waals surface area contributed by atoms with Crippen LogP contribution >= 0.6 is 11.6 Å². The van der Waals surface area contributed by atoms with E-state index in [1.807, 2.05) is 0 Å². The summed E-state index contributed by atoms with van der Waals surface area (Å²) in [7, 11) is 0. The van der Waals surface area contributed by atoms with E-state index >= 15 is 0 Å². The lowest BCUT2D eigenvalue weighted by Gasteiger charge is -2.25. The van der Waals surface area contributed by atoms with Gasteiger partial charge in [-0.05, 0) is 30.5 Å². The number of urea groups is 1. The first-order valence-corrected chi connectivity index (χ1v) is 9.19. The first kappa shape index (κ1) is 16.5. The molecule has 25 heavy (non-hydrogen) atoms. The van der Waals surface area contributed by atoms with Gasteiger partial charge in [0, 0.05) is 0 Å². The molecule has 2 heterocycles. The molecule has 2 aliphatic heterocycles. The molecule has 1 saturated heterocycles. The number of nitrogens with zero attached hydrogens (tertiary/aromatic N) is 1. The Morgan fingerprint density at radius 3 is 2.56 bits per heavy atom. The lowest BCUT2D eigenvalue weighted by molar-refractivity contribution is -0.132. The highest BCUT2D eigenvalue weighted by Crippen LogP contribution is 2.39. The molecule has 1 N–H and O–H groups in total. The van der Waals surface area contributed by atoms with Gasteiger partial charge in [-0.2, -0.15) is 0 Å². The van der Waals surface area contributed by atoms with Gasteiger partial charge in [0.05, 0.1) is 11.6 Å². The molecule has 1 spiro atoms. The number of carbonyl (C=O) groups excluding carboxylic acids is 2. The van der Waals surface area contributed by atoms with Crippen molar-refractivity contribution in [3.63, 3.8) is 0 Å². The number of rotatable bonds is 2. The van der Waals surface area contributed by atoms with Gasteiger partial charge in [-0.15, -0.1) is 0 Å². The van der Waals surface area contributed by atoms with Crippen LogP contribution in [-0.4, -0.2) is 35.6 Å². The summed E-state index contributed by atoms with van der Waals surface area (Å²) >= 11 is 6.26. The molecule has 3 aliphatic rings. The zero-order chi connectivity index (χ0) is 17.4. The van der Waals surface area contributed by atoms with Crippen LogP contribution in [0.3, 0.4) is 0 Å². The molecule has 1 aromatic carbocycles. The molecule has 0 bridgehead atoms. The van der Waals surface area contributed by atoms with Gasteiger partial charge in [0.1, 0.15) is 18.8 Å². The van der Waals surface area contributed by atoms with Gasteiger partial charge < -0.3 is 14.8 Å². The monoisotopic (exact) mass is 364 g/mol. The number of halogens is 1. The van der Waals surface area contributed by atoms with Crippen LogP contribution in [0.4, 0.5) is 4.79 Å². The van der Waals surface area contributed by atoms with Crippen molar-refractivity contribution >= 4 is 23.5 Å². The Balaban J connectivity index is 1.57. The third-order valence-electron chi connectivity index (χ3n) is 5.20. The molecular weight excluding hydrogens is 344 g/mol. The van der Waals surface area contributed by atoms with E-state index in [0.717, 1.165) is 44.1 Å². The average Bonchev–Trinajstić information content (AvgIpc) is 2.77. The van der Waals surface area contributed by atoms with Crippen LogP contribution < -0.4 is 14.8 Å². The number of imide groups is 1. The maximum atomic E-state index is 13.0. The van der Waals surface area contributed by atoms with Crippen LogP contribution in [0.5, 0.6) is 11.5 Å². The van der Waals surface area contributed by atoms with Crippen LogP contribution in [-0.2, 0) is 11.3 Å². The zero-order valence-corrected chi connectivity index (χ0v) is 14.7. The van der Waals surface area contributed by atoms with Crippen molar-refractivity contribution in [3.05, 3.63) is 22.7 Å². The lowest BCUT2D eigenvalue weighted by atomic mass is 9.90. The fourth-order valence-corrected chi connectivity index (χ4v) is 4.22. The fraction of sp³-hybridized carbons (Fsp3) is 0.556. The summed E-state index contributed by atoms with van der Waals surface area (Å²) in [4.78, 5) is 26.7. The highest BCUT2D eigenvalue weighted by atomic mass is 35.5. The molecule has 1 aliphatic carbocycles. The van der Waals surface area contributed by atoms with E-state index in [0.29, 0.717) is 29.7 Å². The third-order valence-corrected chi connectivity index (χ3v) is 5.48. The Kier molecular flexibility index (Phi) is 4.23. The van der Waals surface area contributed by atoms with E-state index in [1.165, 1.54) is 4.90 Å². The lowest BCUT2D eigenvalue weighted by Crippen LogP contribution is -2.46. The molecule has 0 aromatic heterocycles. The van der Waals surface area contributed by atoms with Crippen molar-refractivity contribution in [2.45, 2.75) is 50.6 Å². The Bertz CT molecular complexity index is 713. The normalized spacial score (nSPS) is 22.0. The van der Waals surface area contributed by atoms with Crippen molar-refractivity contribution in [2.75, 3.05) is 13.2 Å². The van der Waals surface area contributed by atoms with Crippen molar-refractivity contribution in [1.82, 2.24) is 10.2 Å². The van der Waals surface area contributed by atoms with E-state index < -0.39 is 5.54 Å². The summed E-state index contributed by atoms with van der Waals surface area (Å²) in [5, 5.41) is 3.39. The van der Waals surface area contributed by atoms with E-state index in [9.17, 15) is 9.59 Å². The molecule has 3 amide bonds. The minimum Gasteiger partial charge on any atom is -0.486 e. The maximum Gasteiger partial charge on any atom is 0.325 e. The van der Waals surface area contributed by atoms with Crippen LogP contribution in [0, 0.1) is 0 Å². The number of hydrogen-bond acceptors (Lipinski definition) is 4. The molecule has 1 saturated carbocycles. The topological polar surface area (TPSA) is 67.9 Å². The Labute approximate surface area is 151 Å². The van der Waals surface area contributed by atoms with Gasteiger partial charge in [-0.1, -0.05) is 37.3 Å². The number of benzene rings is 1. The SMILES string of the molecule is O=C1NC2(CCCCCC2)C(=O)N1Cc1cc(Cl)c2c(c1)OCCO2. The molecule has 6 nitrogen and oxygen atoms in total. The third kappa shape index (κ3) is 2.92. The molecule has 1 aromatic rings. The first-order valence-electron chi connectivity index (χ1n) is 8.81. The summed E-state index contributed by atoms with van der Waals surface area (Å²) in [5.74, 6) is 0.963. The first-order chi connectivity index (χ1) is 12.1. The van der Waals surface area contributed by atoms with E-state index in [-0.39, 0.29) is 18.5 Å². The van der Waals surface area contributed by atoms with Gasteiger partial charge in [0.15, 0.2) is 11.5 Å². The summed E-state index contributed by atoms with van der Waals surface area (Å²) in [6.07, 6.45) is 5.60. The molecule has 7 heteroatoms. The van der Waals surface area contributed by atoms with E-state index in [1.54, 1.807) is 12.1 Å². The number of ether oxygens (including phenoxy) is 2. The number of hydrogen-bond donors (Lipinski definition) is 1. The van der Waals surface area contributed by atoms with Gasteiger partial charge >= 0.3 is 6.03 Å². The van der Waals surface area contributed by atoms with Gasteiger partial charge in [-0.3, -0.25) is 9.69 Å². The molecular formula is C18H21ClN2O4. The molecule has 0 atom stereocenters. The standard InChI is InChI=1S/C18H21ClN2O4/c19-13-9-12(10-14-15(13)25-8-7-24-14)11-21-16(22)18(20-17(21)23)5-3-1-2-4-6-18/h9-10H,1-8,11H2,(H,20,23). The second kappa shape index (κ2) is 6.41. The highest BCUT2D eigenvalue weighted by Gasteiger charge is 2.50. The van der Waals surface area contributed by atoms with Crippen molar-refractivity contribution in [3.8, 4) is 11.5 Å². The van der Waals surface area contributed by atoms with E-state index in [4.69, 9.17) is 21.1 Å². The smallest absolute Gasteiger partial charge is 0.325 e. The number of carbonyl (C=O) groups is 2. The predicted molar refractivity (Wildman–Crippen MR) is 92.0 cm³/mol. The molecule has 2 fully saturated rings. The molecule has 134 valence electrons. The van der Waals surface area contributed by atoms with Gasteiger partial charge in [0.2, 0.25) is 0 Å². The largest absolute Gasteiger partial charge is 0.486 e. The molecule has 4 rings (SSSR count). The fourth-order valence-electron chi connectivity index (χ4n) is 3.93. The number of fused-ring (bicyclic) bond motifs is 1. The van der Waals surface area contributed by atoms with Crippen LogP contribution in [0.15, 0.2) is 12.1 Å². The van der Waals surface area contributed by atoms with Crippen LogP contribution in [0.25, 0.3) is 0 Å². The molecule has 0 unspecified atom stereocenters. The minimum absolute atomic E-state index is 0.120. The van der Waals surface area contributed by atoms with Gasteiger partial charge in [0.25, 0.3) is 5.91 Å². The van der Waals surface area contributed by atoms with Crippen molar-refractivity contribution in [1.29, 1.82) is 0 Å². The second-order valence-corrected chi connectivity index (χ2v) is 7.33. The zero-order valence-electron chi connectivity index (χ0n) is 14.0. The summed E-state index contributed by atoms with van der Waals surface area (Å²) < 4.78 is 11.1. The Morgan fingerprint density at radius 1 is 1.08 bits per heavy atom.